The van der Waals surface area contributed by atoms with Crippen LogP contribution in [0.5, 0.6) is 11.5 Å². The van der Waals surface area contributed by atoms with Gasteiger partial charge in [-0.1, -0.05) is 18.2 Å². The Labute approximate surface area is 160 Å². The second kappa shape index (κ2) is 9.42. The van der Waals surface area contributed by atoms with Crippen molar-refractivity contribution in [3.63, 3.8) is 0 Å². The molecule has 1 atom stereocenters. The first-order chi connectivity index (χ1) is 13.2. The number of nitrogens with zero attached hydrogens (tertiary/aromatic N) is 1. The number of rotatable bonds is 8. The monoisotopic (exact) mass is 369 g/mol. The summed E-state index contributed by atoms with van der Waals surface area (Å²) in [6.45, 7) is 6.52. The summed E-state index contributed by atoms with van der Waals surface area (Å²) >= 11 is 0. The lowest BCUT2D eigenvalue weighted by Gasteiger charge is -2.31. The van der Waals surface area contributed by atoms with Gasteiger partial charge in [-0.05, 0) is 62.6 Å². The van der Waals surface area contributed by atoms with Crippen LogP contribution in [0.4, 0.5) is 5.69 Å². The Morgan fingerprint density at radius 2 is 1.85 bits per heavy atom. The van der Waals surface area contributed by atoms with E-state index in [1.165, 1.54) is 17.7 Å². The fourth-order valence-corrected chi connectivity index (χ4v) is 3.24. The van der Waals surface area contributed by atoms with E-state index in [1.807, 2.05) is 19.1 Å². The number of carbonyl (C=O) groups excluding carboxylic acids is 1. The fraction of sp³-hybridized carbons (Fsp3) is 0.409. The summed E-state index contributed by atoms with van der Waals surface area (Å²) < 4.78 is 16.4. The van der Waals surface area contributed by atoms with Crippen LogP contribution in [0, 0.1) is 0 Å². The Morgan fingerprint density at radius 3 is 2.63 bits per heavy atom. The largest absolute Gasteiger partial charge is 0.492 e. The maximum absolute atomic E-state index is 11.9. The lowest BCUT2D eigenvalue weighted by atomic mass is 10.0. The van der Waals surface area contributed by atoms with Gasteiger partial charge in [0.25, 0.3) is 0 Å². The second-order valence-electron chi connectivity index (χ2n) is 6.56. The maximum atomic E-state index is 11.9. The average molecular weight is 369 g/mol. The molecule has 3 rings (SSSR count). The highest BCUT2D eigenvalue weighted by atomic mass is 16.6. The Hall–Kier alpha value is -2.53. The van der Waals surface area contributed by atoms with Gasteiger partial charge in [-0.25, -0.2) is 4.79 Å². The summed E-state index contributed by atoms with van der Waals surface area (Å²) in [6, 6.07) is 15.7. The number of anilines is 1. The van der Waals surface area contributed by atoms with Crippen molar-refractivity contribution in [2.75, 3.05) is 31.2 Å². The summed E-state index contributed by atoms with van der Waals surface area (Å²) in [5.41, 5.74) is 2.73. The Kier molecular flexibility index (Phi) is 6.71. The van der Waals surface area contributed by atoms with Gasteiger partial charge in [0.2, 0.25) is 0 Å². The highest BCUT2D eigenvalue weighted by molar-refractivity contribution is 5.76. The smallest absolute Gasteiger partial charge is 0.340 e. The summed E-state index contributed by atoms with van der Waals surface area (Å²) in [4.78, 5) is 14.2. The summed E-state index contributed by atoms with van der Waals surface area (Å²) in [6.07, 6.45) is 1.76. The first-order valence-electron chi connectivity index (χ1n) is 9.56. The number of hydrogen-bond acceptors (Lipinski definition) is 5. The molecule has 1 heterocycles. The predicted molar refractivity (Wildman–Crippen MR) is 106 cm³/mol. The molecule has 0 aromatic heterocycles. The van der Waals surface area contributed by atoms with Gasteiger partial charge in [0.15, 0.2) is 6.10 Å². The first-order valence-corrected chi connectivity index (χ1v) is 9.56. The molecule has 144 valence electrons. The Morgan fingerprint density at radius 1 is 1.11 bits per heavy atom. The third kappa shape index (κ3) is 5.23. The number of aryl methyl sites for hydroxylation is 1. The molecule has 0 amide bonds. The third-order valence-corrected chi connectivity index (χ3v) is 4.63. The van der Waals surface area contributed by atoms with E-state index in [1.54, 1.807) is 19.1 Å². The number of ether oxygens (including phenoxy) is 3. The van der Waals surface area contributed by atoms with Crippen LogP contribution in [0.2, 0.25) is 0 Å². The third-order valence-electron chi connectivity index (χ3n) is 4.63. The van der Waals surface area contributed by atoms with Crippen LogP contribution in [0.3, 0.4) is 0 Å². The SMILES string of the molecule is CCOC(C)C(=O)Oc1ccc(OCCN2CCCc3ccccc32)cc1. The lowest BCUT2D eigenvalue weighted by Crippen LogP contribution is -2.33. The number of fused-ring (bicyclic) bond motifs is 1. The van der Waals surface area contributed by atoms with Crippen molar-refractivity contribution >= 4 is 11.7 Å². The molecular formula is C22H27NO4. The van der Waals surface area contributed by atoms with Gasteiger partial charge in [0.1, 0.15) is 18.1 Å². The molecule has 27 heavy (non-hydrogen) atoms. The van der Waals surface area contributed by atoms with Gasteiger partial charge >= 0.3 is 5.97 Å². The van der Waals surface area contributed by atoms with E-state index in [9.17, 15) is 4.79 Å². The van der Waals surface area contributed by atoms with E-state index in [4.69, 9.17) is 14.2 Å². The molecule has 0 saturated heterocycles. The Bertz CT molecular complexity index is 744. The van der Waals surface area contributed by atoms with Crippen LogP contribution in [0.1, 0.15) is 25.8 Å². The fourth-order valence-electron chi connectivity index (χ4n) is 3.24. The number of carbonyl (C=O) groups is 1. The van der Waals surface area contributed by atoms with Gasteiger partial charge in [-0.3, -0.25) is 0 Å². The minimum Gasteiger partial charge on any atom is -0.492 e. The van der Waals surface area contributed by atoms with E-state index in [0.717, 1.165) is 25.3 Å². The molecule has 2 aromatic rings. The van der Waals surface area contributed by atoms with E-state index in [0.29, 0.717) is 19.0 Å². The van der Waals surface area contributed by atoms with Gasteiger partial charge < -0.3 is 19.1 Å². The number of hydrogen-bond donors (Lipinski definition) is 0. The number of esters is 1. The topological polar surface area (TPSA) is 48.0 Å². The summed E-state index contributed by atoms with van der Waals surface area (Å²) in [5, 5.41) is 0. The normalized spacial score (nSPS) is 14.4. The molecule has 1 unspecified atom stereocenters. The minimum atomic E-state index is -0.571. The maximum Gasteiger partial charge on any atom is 0.340 e. The summed E-state index contributed by atoms with van der Waals surface area (Å²) in [5.74, 6) is 0.857. The van der Waals surface area contributed by atoms with Crippen molar-refractivity contribution in [2.45, 2.75) is 32.8 Å². The minimum absolute atomic E-state index is 0.394. The number of benzene rings is 2. The molecule has 0 bridgehead atoms. The van der Waals surface area contributed by atoms with Gasteiger partial charge in [0.05, 0.1) is 6.54 Å². The van der Waals surface area contributed by atoms with Gasteiger partial charge in [-0.2, -0.15) is 0 Å². The van der Waals surface area contributed by atoms with Crippen molar-refractivity contribution in [3.8, 4) is 11.5 Å². The first kappa shape index (κ1) is 19.2. The highest BCUT2D eigenvalue weighted by Crippen LogP contribution is 2.26. The van der Waals surface area contributed by atoms with Crippen LogP contribution in [-0.4, -0.2) is 38.4 Å². The van der Waals surface area contributed by atoms with Gasteiger partial charge in [0, 0.05) is 18.8 Å². The zero-order chi connectivity index (χ0) is 19.1. The van der Waals surface area contributed by atoms with E-state index in [-0.39, 0.29) is 0 Å². The molecule has 1 aliphatic rings. The van der Waals surface area contributed by atoms with Crippen LogP contribution in [0.25, 0.3) is 0 Å². The van der Waals surface area contributed by atoms with E-state index >= 15 is 0 Å². The molecule has 5 heteroatoms. The molecule has 5 nitrogen and oxygen atoms in total. The molecule has 0 N–H and O–H groups in total. The standard InChI is InChI=1S/C22H27NO4/c1-3-25-17(2)22(24)27-20-12-10-19(11-13-20)26-16-15-23-14-6-8-18-7-4-5-9-21(18)23/h4-5,7,9-13,17H,3,6,8,14-16H2,1-2H3. The van der Waals surface area contributed by atoms with Crippen LogP contribution in [0.15, 0.2) is 48.5 Å². The van der Waals surface area contributed by atoms with E-state index < -0.39 is 12.1 Å². The lowest BCUT2D eigenvalue weighted by molar-refractivity contribution is -0.145. The second-order valence-corrected chi connectivity index (χ2v) is 6.56. The molecule has 0 radical (unpaired) electrons. The molecule has 2 aromatic carbocycles. The van der Waals surface area contributed by atoms with Crippen LogP contribution in [-0.2, 0) is 16.0 Å². The van der Waals surface area contributed by atoms with Crippen molar-refractivity contribution in [1.82, 2.24) is 0 Å². The molecule has 0 saturated carbocycles. The summed E-state index contributed by atoms with van der Waals surface area (Å²) in [7, 11) is 0. The van der Waals surface area contributed by atoms with Crippen molar-refractivity contribution < 1.29 is 19.0 Å². The van der Waals surface area contributed by atoms with Crippen molar-refractivity contribution in [3.05, 3.63) is 54.1 Å². The predicted octanol–water partition coefficient (Wildman–Crippen LogP) is 3.85. The average Bonchev–Trinajstić information content (AvgIpc) is 2.69. The zero-order valence-corrected chi connectivity index (χ0v) is 16.0. The van der Waals surface area contributed by atoms with Crippen molar-refractivity contribution in [2.24, 2.45) is 0 Å². The highest BCUT2D eigenvalue weighted by Gasteiger charge is 2.16. The molecular weight excluding hydrogens is 342 g/mol. The quantitative estimate of drug-likeness (QED) is 0.522. The molecule has 1 aliphatic heterocycles. The zero-order valence-electron chi connectivity index (χ0n) is 16.0. The van der Waals surface area contributed by atoms with Crippen LogP contribution >= 0.6 is 0 Å². The molecule has 0 spiro atoms. The van der Waals surface area contributed by atoms with E-state index in [2.05, 4.69) is 29.2 Å². The Balaban J connectivity index is 1.48. The molecule has 0 aliphatic carbocycles. The molecule has 0 fully saturated rings. The number of para-hydroxylation sites is 1. The van der Waals surface area contributed by atoms with Gasteiger partial charge in [-0.15, -0.1) is 0 Å². The van der Waals surface area contributed by atoms with Crippen molar-refractivity contribution in [1.29, 1.82) is 0 Å². The van der Waals surface area contributed by atoms with Crippen LogP contribution < -0.4 is 14.4 Å².